The van der Waals surface area contributed by atoms with Crippen molar-refractivity contribution in [3.8, 4) is 0 Å². The molecule has 0 saturated carbocycles. The molecule has 2 heterocycles. The Morgan fingerprint density at radius 2 is 2.17 bits per heavy atom. The monoisotopic (exact) mass is 252 g/mol. The minimum atomic E-state index is -0.473. The van der Waals surface area contributed by atoms with Crippen LogP contribution in [0.2, 0.25) is 0 Å². The van der Waals surface area contributed by atoms with Gasteiger partial charge in [0, 0.05) is 26.7 Å². The van der Waals surface area contributed by atoms with Gasteiger partial charge in [0.2, 0.25) is 5.95 Å². The van der Waals surface area contributed by atoms with Crippen molar-refractivity contribution in [2.75, 3.05) is 18.4 Å². The van der Waals surface area contributed by atoms with Crippen LogP contribution in [0.1, 0.15) is 6.92 Å². The van der Waals surface area contributed by atoms with Crippen LogP contribution in [0.15, 0.2) is 9.59 Å². The van der Waals surface area contributed by atoms with Gasteiger partial charge in [-0.2, -0.15) is 4.98 Å². The second kappa shape index (κ2) is 4.65. The molecule has 8 heteroatoms. The summed E-state index contributed by atoms with van der Waals surface area (Å²) < 4.78 is 3.04. The predicted molar refractivity (Wildman–Crippen MR) is 68.8 cm³/mol. The van der Waals surface area contributed by atoms with Crippen LogP contribution in [0, 0.1) is 0 Å². The average Bonchev–Trinajstić information content (AvgIpc) is 2.72. The van der Waals surface area contributed by atoms with Crippen LogP contribution in [-0.2, 0) is 13.6 Å². The molecule has 2 aromatic heterocycles. The lowest BCUT2D eigenvalue weighted by molar-refractivity contribution is 0.777. The molecule has 0 spiro atoms. The summed E-state index contributed by atoms with van der Waals surface area (Å²) in [5.74, 6) is 0.546. The minimum Gasteiger partial charge on any atom is -0.354 e. The number of rotatable bonds is 4. The summed E-state index contributed by atoms with van der Waals surface area (Å²) in [6.07, 6.45) is 0. The fourth-order valence-corrected chi connectivity index (χ4v) is 1.86. The van der Waals surface area contributed by atoms with Gasteiger partial charge in [0.25, 0.3) is 5.56 Å². The first-order valence-corrected chi connectivity index (χ1v) is 5.73. The summed E-state index contributed by atoms with van der Waals surface area (Å²) in [7, 11) is 1.57. The highest BCUT2D eigenvalue weighted by atomic mass is 16.2. The van der Waals surface area contributed by atoms with Crippen molar-refractivity contribution in [3.05, 3.63) is 20.8 Å². The molecular formula is C10H16N6O2. The standard InChI is InChI=1S/C10H16N6O2/c1-3-16-6-7(13-9(16)12-5-4-11)15(2)10(18)14-8(6)17/h3-5,11H2,1-2H3,(H,12,13)(H,14,17,18). The van der Waals surface area contributed by atoms with Crippen LogP contribution in [-0.4, -0.2) is 32.2 Å². The SMILES string of the molecule is CCn1c(NCCN)nc2c1c(=O)[nH]c(=O)n2C. The number of fused-ring (bicyclic) bond motifs is 1. The quantitative estimate of drug-likeness (QED) is 0.634. The molecule has 0 aromatic carbocycles. The number of nitrogens with two attached hydrogens (primary N) is 1. The second-order valence-corrected chi connectivity index (χ2v) is 3.89. The number of imidazole rings is 1. The van der Waals surface area contributed by atoms with Gasteiger partial charge in [-0.3, -0.25) is 14.3 Å². The summed E-state index contributed by atoms with van der Waals surface area (Å²) in [6, 6.07) is 0. The molecule has 0 aliphatic carbocycles. The summed E-state index contributed by atoms with van der Waals surface area (Å²) in [5, 5.41) is 3.04. The number of H-pyrrole nitrogens is 1. The van der Waals surface area contributed by atoms with Crippen LogP contribution in [0.4, 0.5) is 5.95 Å². The van der Waals surface area contributed by atoms with Crippen molar-refractivity contribution >= 4 is 17.1 Å². The van der Waals surface area contributed by atoms with Crippen molar-refractivity contribution in [1.82, 2.24) is 19.1 Å². The third kappa shape index (κ3) is 1.80. The highest BCUT2D eigenvalue weighted by molar-refractivity contribution is 5.74. The first kappa shape index (κ1) is 12.4. The van der Waals surface area contributed by atoms with Crippen molar-refractivity contribution in [3.63, 3.8) is 0 Å². The average molecular weight is 252 g/mol. The molecule has 18 heavy (non-hydrogen) atoms. The number of aryl methyl sites for hydroxylation is 2. The maximum absolute atomic E-state index is 11.8. The minimum absolute atomic E-state index is 0.366. The Hall–Kier alpha value is -2.09. The van der Waals surface area contributed by atoms with Gasteiger partial charge in [-0.25, -0.2) is 4.79 Å². The first-order valence-electron chi connectivity index (χ1n) is 5.73. The summed E-state index contributed by atoms with van der Waals surface area (Å²) >= 11 is 0. The van der Waals surface area contributed by atoms with E-state index in [-0.39, 0.29) is 0 Å². The number of hydrogen-bond donors (Lipinski definition) is 3. The Kier molecular flexibility index (Phi) is 3.19. The van der Waals surface area contributed by atoms with E-state index in [1.165, 1.54) is 4.57 Å². The fraction of sp³-hybridized carbons (Fsp3) is 0.500. The Morgan fingerprint density at radius 3 is 2.78 bits per heavy atom. The van der Waals surface area contributed by atoms with E-state index in [1.54, 1.807) is 11.6 Å². The number of nitrogens with one attached hydrogen (secondary N) is 2. The zero-order valence-corrected chi connectivity index (χ0v) is 10.4. The zero-order valence-electron chi connectivity index (χ0n) is 10.4. The van der Waals surface area contributed by atoms with E-state index < -0.39 is 11.2 Å². The van der Waals surface area contributed by atoms with E-state index in [9.17, 15) is 9.59 Å². The van der Waals surface area contributed by atoms with E-state index in [4.69, 9.17) is 5.73 Å². The highest BCUT2D eigenvalue weighted by Gasteiger charge is 2.15. The Labute approximate surface area is 102 Å². The van der Waals surface area contributed by atoms with E-state index in [0.717, 1.165) is 0 Å². The molecule has 0 fully saturated rings. The van der Waals surface area contributed by atoms with Gasteiger partial charge in [0.15, 0.2) is 11.2 Å². The fourth-order valence-electron chi connectivity index (χ4n) is 1.86. The Bertz CT molecular complexity index is 680. The molecule has 2 rings (SSSR count). The normalized spacial score (nSPS) is 11.1. The number of aromatic amines is 1. The zero-order chi connectivity index (χ0) is 13.3. The highest BCUT2D eigenvalue weighted by Crippen LogP contribution is 2.14. The molecule has 2 aromatic rings. The van der Waals surface area contributed by atoms with Crippen molar-refractivity contribution < 1.29 is 0 Å². The summed E-state index contributed by atoms with van der Waals surface area (Å²) in [5.41, 5.74) is 5.28. The maximum Gasteiger partial charge on any atom is 0.329 e. The van der Waals surface area contributed by atoms with Crippen LogP contribution in [0.5, 0.6) is 0 Å². The van der Waals surface area contributed by atoms with Gasteiger partial charge in [0.1, 0.15) is 0 Å². The van der Waals surface area contributed by atoms with Gasteiger partial charge in [-0.15, -0.1) is 0 Å². The second-order valence-electron chi connectivity index (χ2n) is 3.89. The first-order chi connectivity index (χ1) is 8.60. The van der Waals surface area contributed by atoms with E-state index >= 15 is 0 Å². The number of hydrogen-bond acceptors (Lipinski definition) is 5. The van der Waals surface area contributed by atoms with E-state index in [2.05, 4.69) is 15.3 Å². The Morgan fingerprint density at radius 1 is 1.44 bits per heavy atom. The number of anilines is 1. The maximum atomic E-state index is 11.8. The third-order valence-corrected chi connectivity index (χ3v) is 2.75. The van der Waals surface area contributed by atoms with Crippen LogP contribution in [0.25, 0.3) is 11.2 Å². The summed E-state index contributed by atoms with van der Waals surface area (Å²) in [4.78, 5) is 29.9. The molecule has 0 aliphatic rings. The molecular weight excluding hydrogens is 236 g/mol. The van der Waals surface area contributed by atoms with Gasteiger partial charge in [-0.05, 0) is 6.92 Å². The van der Waals surface area contributed by atoms with Crippen molar-refractivity contribution in [2.45, 2.75) is 13.5 Å². The topological polar surface area (TPSA) is 111 Å². The molecule has 98 valence electrons. The lowest BCUT2D eigenvalue weighted by atomic mass is 10.5. The molecule has 8 nitrogen and oxygen atoms in total. The molecule has 0 bridgehead atoms. The summed E-state index contributed by atoms with van der Waals surface area (Å²) in [6.45, 7) is 3.49. The van der Waals surface area contributed by atoms with Gasteiger partial charge >= 0.3 is 5.69 Å². The lowest BCUT2D eigenvalue weighted by Gasteiger charge is -2.06. The third-order valence-electron chi connectivity index (χ3n) is 2.75. The smallest absolute Gasteiger partial charge is 0.329 e. The number of aromatic nitrogens is 4. The van der Waals surface area contributed by atoms with Gasteiger partial charge < -0.3 is 15.6 Å². The predicted octanol–water partition coefficient (Wildman–Crippen LogP) is -1.19. The number of nitrogens with zero attached hydrogens (tertiary/aromatic N) is 3. The molecule has 0 atom stereocenters. The molecule has 0 unspecified atom stereocenters. The molecule has 0 saturated heterocycles. The van der Waals surface area contributed by atoms with E-state index in [0.29, 0.717) is 36.7 Å². The van der Waals surface area contributed by atoms with Crippen LogP contribution >= 0.6 is 0 Å². The van der Waals surface area contributed by atoms with Crippen molar-refractivity contribution in [1.29, 1.82) is 0 Å². The van der Waals surface area contributed by atoms with Crippen LogP contribution < -0.4 is 22.3 Å². The van der Waals surface area contributed by atoms with Crippen molar-refractivity contribution in [2.24, 2.45) is 12.8 Å². The van der Waals surface area contributed by atoms with Crippen LogP contribution in [0.3, 0.4) is 0 Å². The Balaban J connectivity index is 2.76. The van der Waals surface area contributed by atoms with Gasteiger partial charge in [-0.1, -0.05) is 0 Å². The molecule has 0 aliphatic heterocycles. The molecule has 0 radical (unpaired) electrons. The molecule has 0 amide bonds. The largest absolute Gasteiger partial charge is 0.354 e. The molecule has 4 N–H and O–H groups in total. The van der Waals surface area contributed by atoms with E-state index in [1.807, 2.05) is 6.92 Å². The van der Waals surface area contributed by atoms with Gasteiger partial charge in [0.05, 0.1) is 0 Å². The lowest BCUT2D eigenvalue weighted by Crippen LogP contribution is -2.29.